The molecule has 0 spiro atoms. The Labute approximate surface area is 124 Å². The highest BCUT2D eigenvalue weighted by atomic mass is 32.2. The SMILES string of the molecule is Cc1ccccc1C(C)NS(=O)(=O)c1ccc(O)c(N)c1. The summed E-state index contributed by atoms with van der Waals surface area (Å²) in [5.74, 6) is -0.138. The van der Waals surface area contributed by atoms with E-state index < -0.39 is 10.0 Å². The summed E-state index contributed by atoms with van der Waals surface area (Å²) in [5.41, 5.74) is 7.49. The fourth-order valence-electron chi connectivity index (χ4n) is 2.14. The summed E-state index contributed by atoms with van der Waals surface area (Å²) in [4.78, 5) is 0.0261. The van der Waals surface area contributed by atoms with Gasteiger partial charge in [-0.15, -0.1) is 0 Å². The number of phenols is 1. The molecule has 2 rings (SSSR count). The minimum Gasteiger partial charge on any atom is -0.506 e. The van der Waals surface area contributed by atoms with Crippen molar-refractivity contribution < 1.29 is 13.5 Å². The Hall–Kier alpha value is -2.05. The van der Waals surface area contributed by atoms with Gasteiger partial charge in [-0.2, -0.15) is 0 Å². The summed E-state index contributed by atoms with van der Waals surface area (Å²) in [5, 5.41) is 9.37. The van der Waals surface area contributed by atoms with Crippen LogP contribution in [0.5, 0.6) is 5.75 Å². The first-order valence-corrected chi connectivity index (χ1v) is 7.96. The molecule has 0 radical (unpaired) electrons. The number of sulfonamides is 1. The number of hydrogen-bond acceptors (Lipinski definition) is 4. The van der Waals surface area contributed by atoms with Crippen molar-refractivity contribution in [3.63, 3.8) is 0 Å². The van der Waals surface area contributed by atoms with Crippen LogP contribution in [0, 0.1) is 6.92 Å². The van der Waals surface area contributed by atoms with Crippen LogP contribution in [0.1, 0.15) is 24.1 Å². The number of nitrogen functional groups attached to an aromatic ring is 1. The maximum absolute atomic E-state index is 12.3. The van der Waals surface area contributed by atoms with Crippen LogP contribution in [0.3, 0.4) is 0 Å². The van der Waals surface area contributed by atoms with E-state index in [-0.39, 0.29) is 22.4 Å². The van der Waals surface area contributed by atoms with E-state index in [0.29, 0.717) is 0 Å². The van der Waals surface area contributed by atoms with Gasteiger partial charge in [-0.05, 0) is 43.2 Å². The van der Waals surface area contributed by atoms with E-state index in [1.807, 2.05) is 31.2 Å². The zero-order valence-electron chi connectivity index (χ0n) is 11.9. The lowest BCUT2D eigenvalue weighted by Gasteiger charge is -2.17. The summed E-state index contributed by atoms with van der Waals surface area (Å²) in [6, 6.07) is 11.0. The van der Waals surface area contributed by atoms with Crippen LogP contribution in [-0.2, 0) is 10.0 Å². The summed E-state index contributed by atoms with van der Waals surface area (Å²) < 4.78 is 27.3. The van der Waals surface area contributed by atoms with Crippen LogP contribution in [0.4, 0.5) is 5.69 Å². The van der Waals surface area contributed by atoms with E-state index in [1.54, 1.807) is 6.92 Å². The molecule has 0 amide bonds. The zero-order chi connectivity index (χ0) is 15.6. The monoisotopic (exact) mass is 306 g/mol. The highest BCUT2D eigenvalue weighted by Gasteiger charge is 2.20. The number of nitrogens with one attached hydrogen (secondary N) is 1. The number of benzene rings is 2. The Morgan fingerprint density at radius 2 is 1.86 bits per heavy atom. The van der Waals surface area contributed by atoms with Crippen LogP contribution in [0.2, 0.25) is 0 Å². The van der Waals surface area contributed by atoms with E-state index in [2.05, 4.69) is 4.72 Å². The minimum absolute atomic E-state index is 0.0261. The Balaban J connectivity index is 2.29. The molecule has 2 aromatic carbocycles. The quantitative estimate of drug-likeness (QED) is 0.597. The van der Waals surface area contributed by atoms with Gasteiger partial charge in [-0.3, -0.25) is 0 Å². The molecular weight excluding hydrogens is 288 g/mol. The molecule has 21 heavy (non-hydrogen) atoms. The normalized spacial score (nSPS) is 13.0. The fraction of sp³-hybridized carbons (Fsp3) is 0.200. The molecule has 0 aliphatic rings. The molecule has 1 atom stereocenters. The summed E-state index contributed by atoms with van der Waals surface area (Å²) >= 11 is 0. The van der Waals surface area contributed by atoms with Crippen molar-refractivity contribution in [2.45, 2.75) is 24.8 Å². The molecule has 6 heteroatoms. The van der Waals surface area contributed by atoms with Gasteiger partial charge < -0.3 is 10.8 Å². The number of phenolic OH excluding ortho intramolecular Hbond substituents is 1. The van der Waals surface area contributed by atoms with Crippen LogP contribution in [-0.4, -0.2) is 13.5 Å². The summed E-state index contributed by atoms with van der Waals surface area (Å²) in [6.45, 7) is 3.71. The van der Waals surface area contributed by atoms with Crippen molar-refractivity contribution in [2.75, 3.05) is 5.73 Å². The molecule has 0 aliphatic heterocycles. The van der Waals surface area contributed by atoms with E-state index in [0.717, 1.165) is 11.1 Å². The van der Waals surface area contributed by atoms with Crippen molar-refractivity contribution in [3.8, 4) is 5.75 Å². The molecular formula is C15H18N2O3S. The summed E-state index contributed by atoms with van der Waals surface area (Å²) in [6.07, 6.45) is 0. The lowest BCUT2D eigenvalue weighted by atomic mass is 10.0. The molecule has 0 fully saturated rings. The van der Waals surface area contributed by atoms with Crippen molar-refractivity contribution in [3.05, 3.63) is 53.6 Å². The Kier molecular flexibility index (Phi) is 4.20. The average molecular weight is 306 g/mol. The largest absolute Gasteiger partial charge is 0.506 e. The molecule has 0 heterocycles. The van der Waals surface area contributed by atoms with Gasteiger partial charge in [0.2, 0.25) is 10.0 Å². The molecule has 0 bridgehead atoms. The average Bonchev–Trinajstić information content (AvgIpc) is 2.41. The van der Waals surface area contributed by atoms with Gasteiger partial charge in [0.1, 0.15) is 5.75 Å². The standard InChI is InChI=1S/C15H18N2O3S/c1-10-5-3-4-6-13(10)11(2)17-21(19,20)12-7-8-15(18)14(16)9-12/h3-9,11,17-18H,16H2,1-2H3. The fourth-order valence-corrected chi connectivity index (χ4v) is 3.39. The number of aromatic hydroxyl groups is 1. The van der Waals surface area contributed by atoms with Crippen LogP contribution in [0.25, 0.3) is 0 Å². The van der Waals surface area contributed by atoms with Crippen molar-refractivity contribution >= 4 is 15.7 Å². The Morgan fingerprint density at radius 1 is 1.19 bits per heavy atom. The van der Waals surface area contributed by atoms with E-state index in [4.69, 9.17) is 5.73 Å². The van der Waals surface area contributed by atoms with Gasteiger partial charge in [0, 0.05) is 6.04 Å². The van der Waals surface area contributed by atoms with Crippen molar-refractivity contribution in [1.29, 1.82) is 0 Å². The van der Waals surface area contributed by atoms with Crippen LogP contribution < -0.4 is 10.5 Å². The molecule has 1 unspecified atom stereocenters. The molecule has 112 valence electrons. The van der Waals surface area contributed by atoms with Gasteiger partial charge in [-0.25, -0.2) is 13.1 Å². The molecule has 5 nitrogen and oxygen atoms in total. The second-order valence-electron chi connectivity index (χ2n) is 4.92. The first kappa shape index (κ1) is 15.3. The van der Waals surface area contributed by atoms with Crippen LogP contribution in [0.15, 0.2) is 47.4 Å². The molecule has 2 aromatic rings. The maximum atomic E-state index is 12.3. The van der Waals surface area contributed by atoms with E-state index in [9.17, 15) is 13.5 Å². The van der Waals surface area contributed by atoms with E-state index in [1.165, 1.54) is 18.2 Å². The second kappa shape index (κ2) is 5.75. The predicted molar refractivity (Wildman–Crippen MR) is 82.4 cm³/mol. The van der Waals surface area contributed by atoms with Gasteiger partial charge in [0.05, 0.1) is 10.6 Å². The topological polar surface area (TPSA) is 92.4 Å². The predicted octanol–water partition coefficient (Wildman–Crippen LogP) is 2.32. The zero-order valence-corrected chi connectivity index (χ0v) is 12.7. The molecule has 0 aliphatic carbocycles. The maximum Gasteiger partial charge on any atom is 0.241 e. The Morgan fingerprint density at radius 3 is 2.48 bits per heavy atom. The second-order valence-corrected chi connectivity index (χ2v) is 6.63. The number of aryl methyl sites for hydroxylation is 1. The molecule has 0 saturated heterocycles. The van der Waals surface area contributed by atoms with Crippen molar-refractivity contribution in [1.82, 2.24) is 4.72 Å². The summed E-state index contributed by atoms with van der Waals surface area (Å²) in [7, 11) is -3.70. The number of hydrogen-bond donors (Lipinski definition) is 3. The van der Waals surface area contributed by atoms with Gasteiger partial charge in [0.15, 0.2) is 0 Å². The minimum atomic E-state index is -3.70. The third kappa shape index (κ3) is 3.34. The number of anilines is 1. The van der Waals surface area contributed by atoms with Crippen molar-refractivity contribution in [2.24, 2.45) is 0 Å². The van der Waals surface area contributed by atoms with Gasteiger partial charge in [0.25, 0.3) is 0 Å². The van der Waals surface area contributed by atoms with Gasteiger partial charge >= 0.3 is 0 Å². The molecule has 0 aromatic heterocycles. The number of rotatable bonds is 4. The lowest BCUT2D eigenvalue weighted by Crippen LogP contribution is -2.27. The Bertz CT molecular complexity index is 757. The smallest absolute Gasteiger partial charge is 0.241 e. The third-order valence-electron chi connectivity index (χ3n) is 3.30. The highest BCUT2D eigenvalue weighted by molar-refractivity contribution is 7.89. The third-order valence-corrected chi connectivity index (χ3v) is 4.83. The first-order valence-electron chi connectivity index (χ1n) is 6.47. The van der Waals surface area contributed by atoms with E-state index >= 15 is 0 Å². The highest BCUT2D eigenvalue weighted by Crippen LogP contribution is 2.25. The van der Waals surface area contributed by atoms with Gasteiger partial charge in [-0.1, -0.05) is 24.3 Å². The molecule has 4 N–H and O–H groups in total. The number of nitrogens with two attached hydrogens (primary N) is 1. The van der Waals surface area contributed by atoms with Crippen LogP contribution >= 0.6 is 0 Å². The first-order chi connectivity index (χ1) is 9.81. The lowest BCUT2D eigenvalue weighted by molar-refractivity contribution is 0.477. The molecule has 0 saturated carbocycles.